The number of nitrogens with two attached hydrogens (primary N) is 1. The largest absolute Gasteiger partial charge is 0.480 e. The van der Waals surface area contributed by atoms with Crippen LogP contribution in [0.4, 0.5) is 0 Å². The highest BCUT2D eigenvalue weighted by Crippen LogP contribution is 2.12. The van der Waals surface area contributed by atoms with Gasteiger partial charge in [0, 0.05) is 13.0 Å². The third kappa shape index (κ3) is 16.0. The summed E-state index contributed by atoms with van der Waals surface area (Å²) in [5.74, 6) is -2.08. The molecule has 0 bridgehead atoms. The van der Waals surface area contributed by atoms with Crippen molar-refractivity contribution in [3.63, 3.8) is 0 Å². The summed E-state index contributed by atoms with van der Waals surface area (Å²) in [4.78, 5) is 36.8. The molecule has 192 valence electrons. The molecule has 0 saturated heterocycles. The Bertz CT molecular complexity index is 585. The number of unbranched alkanes of at least 4 members (excludes halogenated alkanes) is 8. The molecular weight excluding hydrogens is 422 g/mol. The van der Waals surface area contributed by atoms with E-state index >= 15 is 0 Å². The van der Waals surface area contributed by atoms with Gasteiger partial charge in [0.1, 0.15) is 12.1 Å². The van der Waals surface area contributed by atoms with Gasteiger partial charge in [-0.3, -0.25) is 15.0 Å². The van der Waals surface area contributed by atoms with E-state index in [0.717, 1.165) is 19.3 Å². The Morgan fingerprint density at radius 2 is 1.48 bits per heavy atom. The van der Waals surface area contributed by atoms with E-state index in [1.54, 1.807) is 0 Å². The summed E-state index contributed by atoms with van der Waals surface area (Å²) in [6.07, 6.45) is 12.2. The van der Waals surface area contributed by atoms with Crippen LogP contribution in [0.15, 0.2) is 0 Å². The van der Waals surface area contributed by atoms with Gasteiger partial charge in [-0.15, -0.1) is 0 Å². The first-order chi connectivity index (χ1) is 15.7. The number of carboxylic acids is 1. The molecule has 0 aliphatic rings. The van der Waals surface area contributed by atoms with E-state index in [2.05, 4.69) is 22.9 Å². The Morgan fingerprint density at radius 3 is 2.00 bits per heavy atom. The van der Waals surface area contributed by atoms with Gasteiger partial charge in [-0.05, 0) is 25.2 Å². The maximum Gasteiger partial charge on any atom is 0.326 e. The van der Waals surface area contributed by atoms with Crippen molar-refractivity contribution in [1.82, 2.24) is 16.0 Å². The number of carboxylic acid groups (broad SMARTS) is 1. The average Bonchev–Trinajstić information content (AvgIpc) is 2.77. The third-order valence-electron chi connectivity index (χ3n) is 5.92. The molecule has 0 aromatic heterocycles. The Balaban J connectivity index is 4.48. The zero-order valence-electron chi connectivity index (χ0n) is 20.9. The average molecular weight is 470 g/mol. The summed E-state index contributed by atoms with van der Waals surface area (Å²) in [5, 5.41) is 24.6. The smallest absolute Gasteiger partial charge is 0.326 e. The molecular formula is C24H47N5O4. The van der Waals surface area contributed by atoms with Gasteiger partial charge < -0.3 is 26.8 Å². The zero-order valence-corrected chi connectivity index (χ0v) is 20.9. The van der Waals surface area contributed by atoms with Crippen LogP contribution in [0.1, 0.15) is 104 Å². The Hall–Kier alpha value is -2.32. The van der Waals surface area contributed by atoms with Crippen LogP contribution in [0.5, 0.6) is 0 Å². The van der Waals surface area contributed by atoms with Crippen LogP contribution >= 0.6 is 0 Å². The van der Waals surface area contributed by atoms with E-state index in [0.29, 0.717) is 25.8 Å². The van der Waals surface area contributed by atoms with E-state index in [1.165, 1.54) is 38.5 Å². The van der Waals surface area contributed by atoms with Gasteiger partial charge in [-0.1, -0.05) is 78.6 Å². The summed E-state index contributed by atoms with van der Waals surface area (Å²) < 4.78 is 0. The molecule has 0 spiro atoms. The van der Waals surface area contributed by atoms with Crippen LogP contribution in [0.2, 0.25) is 0 Å². The van der Waals surface area contributed by atoms with Crippen LogP contribution in [0, 0.1) is 11.3 Å². The molecule has 0 aliphatic carbocycles. The van der Waals surface area contributed by atoms with Crippen LogP contribution in [-0.2, 0) is 14.4 Å². The minimum Gasteiger partial charge on any atom is -0.480 e. The highest BCUT2D eigenvalue weighted by Gasteiger charge is 2.29. The highest BCUT2D eigenvalue weighted by molar-refractivity contribution is 5.90. The van der Waals surface area contributed by atoms with Crippen molar-refractivity contribution in [3.05, 3.63) is 0 Å². The second-order valence-corrected chi connectivity index (χ2v) is 8.89. The molecule has 3 atom stereocenters. The number of aliphatic carboxylic acids is 1. The van der Waals surface area contributed by atoms with E-state index in [-0.39, 0.29) is 24.2 Å². The third-order valence-corrected chi connectivity index (χ3v) is 5.92. The fourth-order valence-corrected chi connectivity index (χ4v) is 3.59. The lowest BCUT2D eigenvalue weighted by Gasteiger charge is -2.25. The predicted octanol–water partition coefficient (Wildman–Crippen LogP) is 3.27. The number of hydrogen-bond acceptors (Lipinski definition) is 4. The fraction of sp³-hybridized carbons (Fsp3) is 0.833. The second kappa shape index (κ2) is 19.2. The Morgan fingerprint density at radius 1 is 0.909 bits per heavy atom. The number of hydrogen-bond donors (Lipinski definition) is 6. The van der Waals surface area contributed by atoms with Gasteiger partial charge in [-0.25, -0.2) is 4.79 Å². The first-order valence-electron chi connectivity index (χ1n) is 12.6. The van der Waals surface area contributed by atoms with Crippen molar-refractivity contribution >= 4 is 23.7 Å². The van der Waals surface area contributed by atoms with Gasteiger partial charge in [0.25, 0.3) is 0 Å². The first kappa shape index (κ1) is 30.7. The minimum atomic E-state index is -1.13. The van der Waals surface area contributed by atoms with E-state index in [9.17, 15) is 19.5 Å². The predicted molar refractivity (Wildman–Crippen MR) is 132 cm³/mol. The number of amides is 2. The van der Waals surface area contributed by atoms with Crippen molar-refractivity contribution in [3.8, 4) is 0 Å². The standard InChI is InChI=1S/C24H47N5O4/c1-4-6-7-8-9-10-11-12-13-16-20(30)29-21(18(3)5-2)22(31)28-19(23(32)33)15-14-17-27-24(25)26/h18-19,21H,4-17H2,1-3H3,(H,28,31)(H,29,30)(H,32,33)(H4,25,26,27)/t18-,19-,21-/m0/s1. The number of guanidine groups is 1. The molecule has 0 radical (unpaired) electrons. The van der Waals surface area contributed by atoms with Crippen LogP contribution < -0.4 is 21.7 Å². The molecule has 0 heterocycles. The first-order valence-corrected chi connectivity index (χ1v) is 12.6. The molecule has 9 heteroatoms. The van der Waals surface area contributed by atoms with E-state index in [1.807, 2.05) is 13.8 Å². The maximum absolute atomic E-state index is 12.8. The van der Waals surface area contributed by atoms with E-state index in [4.69, 9.17) is 11.1 Å². The van der Waals surface area contributed by atoms with Gasteiger partial charge >= 0.3 is 5.97 Å². The molecule has 0 aromatic carbocycles. The van der Waals surface area contributed by atoms with Crippen molar-refractivity contribution in [2.75, 3.05) is 6.54 Å². The summed E-state index contributed by atoms with van der Waals surface area (Å²) in [6, 6.07) is -1.83. The molecule has 0 aliphatic heterocycles. The Labute approximate surface area is 199 Å². The van der Waals surface area contributed by atoms with Gasteiger partial charge in [0.05, 0.1) is 0 Å². The van der Waals surface area contributed by atoms with Crippen molar-refractivity contribution in [1.29, 1.82) is 5.41 Å². The number of carbonyl (C=O) groups excluding carboxylic acids is 2. The highest BCUT2D eigenvalue weighted by atomic mass is 16.4. The quantitative estimate of drug-likeness (QED) is 0.0912. The van der Waals surface area contributed by atoms with E-state index < -0.39 is 24.0 Å². The van der Waals surface area contributed by atoms with Crippen LogP contribution in [0.25, 0.3) is 0 Å². The molecule has 33 heavy (non-hydrogen) atoms. The molecule has 9 nitrogen and oxygen atoms in total. The summed E-state index contributed by atoms with van der Waals surface area (Å²) in [6.45, 7) is 6.36. The molecule has 0 rings (SSSR count). The van der Waals surface area contributed by atoms with Crippen molar-refractivity contribution < 1.29 is 19.5 Å². The molecule has 0 saturated carbocycles. The molecule has 0 fully saturated rings. The summed E-state index contributed by atoms with van der Waals surface area (Å²) in [5.41, 5.74) is 5.21. The second-order valence-electron chi connectivity index (χ2n) is 8.89. The van der Waals surface area contributed by atoms with Gasteiger partial charge in [0.2, 0.25) is 11.8 Å². The topological polar surface area (TPSA) is 157 Å². The number of rotatable bonds is 20. The normalized spacial score (nSPS) is 13.5. The van der Waals surface area contributed by atoms with Crippen molar-refractivity contribution in [2.45, 2.75) is 116 Å². The monoisotopic (exact) mass is 469 g/mol. The molecule has 7 N–H and O–H groups in total. The van der Waals surface area contributed by atoms with Crippen LogP contribution in [0.3, 0.4) is 0 Å². The summed E-state index contributed by atoms with van der Waals surface area (Å²) in [7, 11) is 0. The molecule has 2 amide bonds. The summed E-state index contributed by atoms with van der Waals surface area (Å²) >= 11 is 0. The van der Waals surface area contributed by atoms with Crippen LogP contribution in [-0.4, -0.2) is 47.5 Å². The molecule has 0 aromatic rings. The lowest BCUT2D eigenvalue weighted by atomic mass is 9.97. The van der Waals surface area contributed by atoms with Gasteiger partial charge in [0.15, 0.2) is 5.96 Å². The maximum atomic E-state index is 12.8. The zero-order chi connectivity index (χ0) is 25.1. The Kier molecular flexibility index (Phi) is 17.8. The van der Waals surface area contributed by atoms with Crippen molar-refractivity contribution in [2.24, 2.45) is 11.7 Å². The lowest BCUT2D eigenvalue weighted by Crippen LogP contribution is -2.54. The fourth-order valence-electron chi connectivity index (χ4n) is 3.59. The number of nitrogens with one attached hydrogen (secondary N) is 4. The molecule has 0 unspecified atom stereocenters. The SMILES string of the molecule is CCCCCCCCCCCC(=O)N[C@H](C(=O)N[C@@H](CCCNC(=N)N)C(=O)O)[C@@H](C)CC. The minimum absolute atomic E-state index is 0.120. The number of carbonyl (C=O) groups is 3. The van der Waals surface area contributed by atoms with Gasteiger partial charge in [-0.2, -0.15) is 0 Å². The lowest BCUT2D eigenvalue weighted by molar-refractivity contribution is -0.142.